The van der Waals surface area contributed by atoms with Gasteiger partial charge in [0, 0.05) is 24.3 Å². The van der Waals surface area contributed by atoms with Gasteiger partial charge in [0.2, 0.25) is 5.91 Å². The molecular weight excluding hydrogens is 262 g/mol. The maximum atomic E-state index is 12.2. The Kier molecular flexibility index (Phi) is 4.88. The molecule has 4 nitrogen and oxygen atoms in total. The first-order valence-electron chi connectivity index (χ1n) is 8.13. The number of carbonyl (C=O) groups is 1. The molecule has 0 radical (unpaired) electrons. The Morgan fingerprint density at radius 2 is 2.00 bits per heavy atom. The monoisotopic (exact) mass is 287 g/mol. The summed E-state index contributed by atoms with van der Waals surface area (Å²) in [6, 6.07) is 10.9. The maximum absolute atomic E-state index is 12.2. The van der Waals surface area contributed by atoms with Gasteiger partial charge in [-0.15, -0.1) is 0 Å². The average Bonchev–Trinajstić information content (AvgIpc) is 3.33. The van der Waals surface area contributed by atoms with E-state index in [-0.39, 0.29) is 5.91 Å². The van der Waals surface area contributed by atoms with Crippen LogP contribution in [0.25, 0.3) is 0 Å². The van der Waals surface area contributed by atoms with Gasteiger partial charge in [0.25, 0.3) is 0 Å². The maximum Gasteiger partial charge on any atom is 0.238 e. The number of para-hydroxylation sites is 1. The van der Waals surface area contributed by atoms with E-state index in [0.29, 0.717) is 18.6 Å². The van der Waals surface area contributed by atoms with Crippen LogP contribution in [-0.2, 0) is 4.79 Å². The Bertz CT molecular complexity index is 452. The Morgan fingerprint density at radius 1 is 1.19 bits per heavy atom. The molecule has 0 bridgehead atoms. The Labute approximate surface area is 126 Å². The van der Waals surface area contributed by atoms with Gasteiger partial charge in [-0.1, -0.05) is 24.6 Å². The highest BCUT2D eigenvalue weighted by atomic mass is 16.2. The van der Waals surface area contributed by atoms with Crippen molar-refractivity contribution in [2.24, 2.45) is 0 Å². The second-order valence-electron chi connectivity index (χ2n) is 6.22. The molecule has 1 heterocycles. The number of amides is 1. The number of carbonyl (C=O) groups excluding carboxylic acids is 1. The smallest absolute Gasteiger partial charge is 0.238 e. The first-order valence-corrected chi connectivity index (χ1v) is 8.13. The van der Waals surface area contributed by atoms with Gasteiger partial charge in [0.1, 0.15) is 0 Å². The molecule has 0 aromatic heterocycles. The summed E-state index contributed by atoms with van der Waals surface area (Å²) in [6.07, 6.45) is 6.32. The molecular formula is C17H25N3O. The van der Waals surface area contributed by atoms with E-state index in [0.717, 1.165) is 18.8 Å². The molecule has 1 aliphatic heterocycles. The van der Waals surface area contributed by atoms with Crippen LogP contribution in [0, 0.1) is 0 Å². The molecule has 114 valence electrons. The Morgan fingerprint density at radius 3 is 2.67 bits per heavy atom. The highest BCUT2D eigenvalue weighted by Gasteiger charge is 2.32. The van der Waals surface area contributed by atoms with Crippen molar-refractivity contribution in [3.8, 4) is 0 Å². The Hall–Kier alpha value is -1.39. The van der Waals surface area contributed by atoms with Gasteiger partial charge in [-0.2, -0.15) is 0 Å². The highest BCUT2D eigenvalue weighted by molar-refractivity contribution is 5.92. The first kappa shape index (κ1) is 14.5. The fourth-order valence-electron chi connectivity index (χ4n) is 3.05. The molecule has 1 saturated carbocycles. The molecule has 2 N–H and O–H groups in total. The first-order chi connectivity index (χ1) is 10.3. The summed E-state index contributed by atoms with van der Waals surface area (Å²) in [5.41, 5.74) is 0.883. The Balaban J connectivity index is 1.51. The van der Waals surface area contributed by atoms with Crippen LogP contribution in [-0.4, -0.2) is 42.5 Å². The molecule has 1 aromatic rings. The van der Waals surface area contributed by atoms with Gasteiger partial charge in [-0.05, 0) is 44.4 Å². The molecule has 1 saturated heterocycles. The van der Waals surface area contributed by atoms with Crippen molar-refractivity contribution in [3.63, 3.8) is 0 Å². The quantitative estimate of drug-likeness (QED) is 0.843. The zero-order valence-corrected chi connectivity index (χ0v) is 12.6. The zero-order chi connectivity index (χ0) is 14.5. The molecule has 21 heavy (non-hydrogen) atoms. The van der Waals surface area contributed by atoms with Crippen molar-refractivity contribution in [2.75, 3.05) is 25.0 Å². The molecule has 3 rings (SSSR count). The van der Waals surface area contributed by atoms with Crippen molar-refractivity contribution in [2.45, 2.75) is 44.2 Å². The fourth-order valence-corrected chi connectivity index (χ4v) is 3.05. The molecule has 1 aliphatic carbocycles. The van der Waals surface area contributed by atoms with Gasteiger partial charge >= 0.3 is 0 Å². The second-order valence-corrected chi connectivity index (χ2v) is 6.22. The summed E-state index contributed by atoms with van der Waals surface area (Å²) >= 11 is 0. The van der Waals surface area contributed by atoms with E-state index in [1.165, 1.54) is 32.1 Å². The summed E-state index contributed by atoms with van der Waals surface area (Å²) in [4.78, 5) is 14.6. The lowest BCUT2D eigenvalue weighted by Gasteiger charge is -2.30. The third-order valence-electron chi connectivity index (χ3n) is 4.33. The van der Waals surface area contributed by atoms with Gasteiger partial charge < -0.3 is 10.6 Å². The van der Waals surface area contributed by atoms with Crippen molar-refractivity contribution >= 4 is 11.6 Å². The third-order valence-corrected chi connectivity index (χ3v) is 4.33. The topological polar surface area (TPSA) is 44.4 Å². The van der Waals surface area contributed by atoms with Crippen LogP contribution >= 0.6 is 0 Å². The van der Waals surface area contributed by atoms with Crippen LogP contribution in [0.2, 0.25) is 0 Å². The van der Waals surface area contributed by atoms with Crippen LogP contribution < -0.4 is 10.6 Å². The lowest BCUT2D eigenvalue weighted by Crippen LogP contribution is -2.46. The molecule has 1 atom stereocenters. The number of benzene rings is 1. The van der Waals surface area contributed by atoms with Crippen LogP contribution in [0.15, 0.2) is 30.3 Å². The normalized spacial score (nSPS) is 22.2. The minimum Gasteiger partial charge on any atom is -0.325 e. The van der Waals surface area contributed by atoms with Gasteiger partial charge in [-0.3, -0.25) is 9.69 Å². The van der Waals surface area contributed by atoms with E-state index in [1.54, 1.807) is 0 Å². The summed E-state index contributed by atoms with van der Waals surface area (Å²) < 4.78 is 0. The third kappa shape index (κ3) is 4.55. The summed E-state index contributed by atoms with van der Waals surface area (Å²) in [5, 5.41) is 6.57. The number of hydrogen-bond acceptors (Lipinski definition) is 3. The van der Waals surface area contributed by atoms with Gasteiger partial charge in [0.15, 0.2) is 0 Å². The fraction of sp³-hybridized carbons (Fsp3) is 0.588. The van der Waals surface area contributed by atoms with Crippen LogP contribution in [0.4, 0.5) is 5.69 Å². The number of nitrogens with one attached hydrogen (secondary N) is 2. The number of nitrogens with zero attached hydrogens (tertiary/aromatic N) is 1. The van der Waals surface area contributed by atoms with Crippen LogP contribution in [0.3, 0.4) is 0 Å². The van der Waals surface area contributed by atoms with E-state index < -0.39 is 0 Å². The van der Waals surface area contributed by atoms with Gasteiger partial charge in [0.05, 0.1) is 6.54 Å². The standard InChI is InChI=1S/C17H25N3O/c21-17(19-14-6-2-1-3-7-14)13-20(16-9-10-16)12-15-8-4-5-11-18-15/h1-3,6-7,15-16,18H,4-5,8-13H2,(H,19,21). The van der Waals surface area contributed by atoms with E-state index in [1.807, 2.05) is 30.3 Å². The molecule has 1 amide bonds. The summed E-state index contributed by atoms with van der Waals surface area (Å²) in [6.45, 7) is 2.64. The molecule has 2 fully saturated rings. The van der Waals surface area contributed by atoms with Crippen molar-refractivity contribution in [1.29, 1.82) is 0 Å². The molecule has 4 heteroatoms. The van der Waals surface area contributed by atoms with Crippen molar-refractivity contribution < 1.29 is 4.79 Å². The van der Waals surface area contributed by atoms with Crippen molar-refractivity contribution in [1.82, 2.24) is 10.2 Å². The van der Waals surface area contributed by atoms with E-state index >= 15 is 0 Å². The zero-order valence-electron chi connectivity index (χ0n) is 12.6. The predicted molar refractivity (Wildman–Crippen MR) is 85.3 cm³/mol. The van der Waals surface area contributed by atoms with Crippen molar-refractivity contribution in [3.05, 3.63) is 30.3 Å². The predicted octanol–water partition coefficient (Wildman–Crippen LogP) is 2.23. The van der Waals surface area contributed by atoms with Crippen LogP contribution in [0.1, 0.15) is 32.1 Å². The molecule has 0 spiro atoms. The van der Waals surface area contributed by atoms with Gasteiger partial charge in [-0.25, -0.2) is 0 Å². The minimum absolute atomic E-state index is 0.101. The molecule has 1 aromatic carbocycles. The summed E-state index contributed by atoms with van der Waals surface area (Å²) in [5.74, 6) is 0.101. The molecule has 1 unspecified atom stereocenters. The van der Waals surface area contributed by atoms with E-state index in [9.17, 15) is 4.79 Å². The second kappa shape index (κ2) is 7.05. The summed E-state index contributed by atoms with van der Waals surface area (Å²) in [7, 11) is 0. The number of anilines is 1. The number of piperidine rings is 1. The number of rotatable bonds is 6. The molecule has 2 aliphatic rings. The number of hydrogen-bond donors (Lipinski definition) is 2. The largest absolute Gasteiger partial charge is 0.325 e. The lowest BCUT2D eigenvalue weighted by atomic mass is 10.0. The highest BCUT2D eigenvalue weighted by Crippen LogP contribution is 2.27. The lowest BCUT2D eigenvalue weighted by molar-refractivity contribution is -0.117. The van der Waals surface area contributed by atoms with E-state index in [2.05, 4.69) is 15.5 Å². The van der Waals surface area contributed by atoms with Crippen LogP contribution in [0.5, 0.6) is 0 Å². The minimum atomic E-state index is 0.101. The SMILES string of the molecule is O=C(CN(CC1CCCCN1)C1CC1)Nc1ccccc1. The van der Waals surface area contributed by atoms with E-state index in [4.69, 9.17) is 0 Å². The average molecular weight is 287 g/mol.